The number of aryl methyl sites for hydroxylation is 1. The molecule has 2 aliphatic heterocycles. The van der Waals surface area contributed by atoms with Crippen LogP contribution in [-0.4, -0.2) is 59.0 Å². The second kappa shape index (κ2) is 6.97. The third kappa shape index (κ3) is 2.36. The van der Waals surface area contributed by atoms with Gasteiger partial charge in [0.25, 0.3) is 0 Å². The van der Waals surface area contributed by atoms with Gasteiger partial charge in [-0.2, -0.15) is 22.9 Å². The highest BCUT2D eigenvalue weighted by atomic mass is 32.2. The van der Waals surface area contributed by atoms with Gasteiger partial charge in [-0.3, -0.25) is 9.78 Å². The zero-order valence-electron chi connectivity index (χ0n) is 21.3. The molecule has 4 fully saturated rings. The summed E-state index contributed by atoms with van der Waals surface area (Å²) >= 11 is 0. The lowest BCUT2D eigenvalue weighted by atomic mass is 9.66. The molecule has 4 heterocycles. The van der Waals surface area contributed by atoms with E-state index in [0.717, 1.165) is 39.5 Å². The summed E-state index contributed by atoms with van der Waals surface area (Å²) in [4.78, 5) is 0. The van der Waals surface area contributed by atoms with Gasteiger partial charge in [0.2, 0.25) is 0 Å². The molecule has 1 saturated heterocycles. The van der Waals surface area contributed by atoms with Crippen LogP contribution in [0.2, 0.25) is 0 Å². The van der Waals surface area contributed by atoms with Gasteiger partial charge in [0.1, 0.15) is 0 Å². The zero-order valence-corrected chi connectivity index (χ0v) is 22.1. The number of aromatic nitrogens is 4. The predicted molar refractivity (Wildman–Crippen MR) is 143 cm³/mol. The van der Waals surface area contributed by atoms with Crippen molar-refractivity contribution in [2.75, 3.05) is 30.6 Å². The second-order valence-electron chi connectivity index (χ2n) is 12.0. The summed E-state index contributed by atoms with van der Waals surface area (Å²) in [6.45, 7) is 1.60. The third-order valence-corrected chi connectivity index (χ3v) is 12.7. The van der Waals surface area contributed by atoms with Crippen LogP contribution in [0.1, 0.15) is 42.7 Å². The molecule has 3 unspecified atom stereocenters. The molecule has 9 rings (SSSR count). The lowest BCUT2D eigenvalue weighted by Crippen LogP contribution is -2.56. The topological polar surface area (TPSA) is 96.3 Å². The molecule has 3 saturated carbocycles. The van der Waals surface area contributed by atoms with Crippen LogP contribution >= 0.6 is 0 Å². The summed E-state index contributed by atoms with van der Waals surface area (Å²) in [6.07, 6.45) is 8.24. The molecule has 2 bridgehead atoms. The number of aromatic amines is 1. The molecule has 10 heteroatoms. The van der Waals surface area contributed by atoms with Gasteiger partial charge in [0.05, 0.1) is 47.9 Å². The van der Waals surface area contributed by atoms with Crippen molar-refractivity contribution in [2.45, 2.75) is 37.1 Å². The molecule has 0 amide bonds. The van der Waals surface area contributed by atoms with Gasteiger partial charge in [-0.15, -0.1) is 0 Å². The highest BCUT2D eigenvalue weighted by Crippen LogP contribution is 2.87. The highest BCUT2D eigenvalue weighted by molar-refractivity contribution is 7.90. The van der Waals surface area contributed by atoms with Gasteiger partial charge >= 0.3 is 10.2 Å². The first-order valence-electron chi connectivity index (χ1n) is 13.7. The van der Waals surface area contributed by atoms with Crippen LogP contribution in [0.5, 0.6) is 0 Å². The molecule has 5 atom stereocenters. The number of H-pyrrole nitrogens is 1. The molecule has 38 heavy (non-hydrogen) atoms. The maximum atomic E-state index is 14.8. The molecule has 3 aliphatic carbocycles. The summed E-state index contributed by atoms with van der Waals surface area (Å²) < 4.78 is 40.6. The Bertz CT molecular complexity index is 1760. The van der Waals surface area contributed by atoms with E-state index < -0.39 is 15.7 Å². The van der Waals surface area contributed by atoms with Crippen molar-refractivity contribution in [2.24, 2.45) is 24.3 Å². The molecule has 5 aliphatic rings. The Morgan fingerprint density at radius 3 is 2.84 bits per heavy atom. The minimum absolute atomic E-state index is 0.107. The van der Waals surface area contributed by atoms with E-state index in [4.69, 9.17) is 4.74 Å². The van der Waals surface area contributed by atoms with Gasteiger partial charge in [-0.1, -0.05) is 6.07 Å². The quantitative estimate of drug-likeness (QED) is 0.436. The van der Waals surface area contributed by atoms with Crippen molar-refractivity contribution >= 4 is 37.7 Å². The fraction of sp³-hybridized carbons (Fsp3) is 0.500. The van der Waals surface area contributed by atoms with Crippen LogP contribution in [0.25, 0.3) is 21.8 Å². The average molecular weight is 531 g/mol. The largest absolute Gasteiger partial charge is 0.379 e. The molecule has 2 aromatic heterocycles. The van der Waals surface area contributed by atoms with Gasteiger partial charge in [-0.25, -0.2) is 4.31 Å². The molecule has 2 aromatic carbocycles. The first-order chi connectivity index (χ1) is 18.5. The van der Waals surface area contributed by atoms with Crippen LogP contribution in [0.4, 0.5) is 5.69 Å². The van der Waals surface area contributed by atoms with Crippen molar-refractivity contribution in [3.63, 3.8) is 0 Å². The molecule has 9 nitrogen and oxygen atoms in total. The number of fused-ring (bicyclic) bond motifs is 8. The second-order valence-corrected chi connectivity index (χ2v) is 13.8. The highest BCUT2D eigenvalue weighted by Gasteiger charge is 2.84. The molecule has 0 radical (unpaired) electrons. The van der Waals surface area contributed by atoms with Gasteiger partial charge in [0.15, 0.2) is 0 Å². The van der Waals surface area contributed by atoms with Crippen LogP contribution in [0.3, 0.4) is 0 Å². The van der Waals surface area contributed by atoms with Crippen LogP contribution in [-0.2, 0) is 27.5 Å². The molecular weight excluding hydrogens is 500 g/mol. The van der Waals surface area contributed by atoms with Gasteiger partial charge in [-0.05, 0) is 78.8 Å². The number of hydrogen-bond acceptors (Lipinski definition) is 5. The fourth-order valence-corrected chi connectivity index (χ4v) is 11.3. The number of anilines is 1. The van der Waals surface area contributed by atoms with Crippen LogP contribution in [0, 0.1) is 17.3 Å². The van der Waals surface area contributed by atoms with E-state index >= 15 is 0 Å². The number of ether oxygens (including phenoxy) is 1. The molecule has 196 valence electrons. The van der Waals surface area contributed by atoms with Crippen molar-refractivity contribution in [1.29, 1.82) is 0 Å². The van der Waals surface area contributed by atoms with Crippen molar-refractivity contribution < 1.29 is 13.2 Å². The minimum Gasteiger partial charge on any atom is -0.379 e. The Balaban J connectivity index is 1.36. The zero-order chi connectivity index (χ0) is 25.4. The average Bonchev–Trinajstić information content (AvgIpc) is 3.46. The smallest absolute Gasteiger partial charge is 0.305 e. The molecular formula is C28H30N6O3S. The maximum Gasteiger partial charge on any atom is 0.305 e. The number of morpholine rings is 1. The standard InChI is InChI=1S/C28H30N6O3S/c1-32-23-6-4-20(13-18(23)14-30-32)28-16-27(28)19-3-2-17(12-19)26(27)25-21-15-29-31-22(21)5-7-24(25)34(28)38(35,36)33-8-10-37-11-9-33/h4-7,13-15,17,19,26H,2-3,8-12,16H2,1H3,(H,29,31)/t17?,19?,26-,27?,28+/m1/s1. The number of benzene rings is 2. The Kier molecular flexibility index (Phi) is 4.02. The minimum atomic E-state index is -3.84. The normalized spacial score (nSPS) is 34.0. The van der Waals surface area contributed by atoms with E-state index in [1.54, 1.807) is 4.31 Å². The summed E-state index contributed by atoms with van der Waals surface area (Å²) in [5.74, 6) is 1.43. The van der Waals surface area contributed by atoms with E-state index in [9.17, 15) is 8.42 Å². The molecule has 4 aromatic rings. The fourth-order valence-electron chi connectivity index (χ4n) is 9.30. The van der Waals surface area contributed by atoms with Crippen LogP contribution < -0.4 is 4.31 Å². The Morgan fingerprint density at radius 1 is 1.11 bits per heavy atom. The van der Waals surface area contributed by atoms with E-state index in [-0.39, 0.29) is 5.41 Å². The first kappa shape index (κ1) is 21.9. The number of hydrogen-bond donors (Lipinski definition) is 1. The molecule has 1 spiro atoms. The Morgan fingerprint density at radius 2 is 1.97 bits per heavy atom. The number of nitrogens with zero attached hydrogens (tertiary/aromatic N) is 5. The van der Waals surface area contributed by atoms with E-state index in [0.29, 0.717) is 44.1 Å². The monoisotopic (exact) mass is 530 g/mol. The predicted octanol–water partition coefficient (Wildman–Crippen LogP) is 3.65. The SMILES string of the molecule is Cn1ncc2cc([C@@]34CC35C3CCC(C3)[C@@H]5c3c(ccc5[nH]ncc35)N4S(=O)(=O)N3CCOCC3)ccc21. The first-order valence-corrected chi connectivity index (χ1v) is 15.1. The van der Waals surface area contributed by atoms with Crippen LogP contribution in [0.15, 0.2) is 42.7 Å². The van der Waals surface area contributed by atoms with Gasteiger partial charge < -0.3 is 4.74 Å². The number of nitrogens with one attached hydrogen (secondary N) is 1. The van der Waals surface area contributed by atoms with E-state index in [1.165, 1.54) is 24.8 Å². The lowest BCUT2D eigenvalue weighted by molar-refractivity contribution is 0.0724. The third-order valence-electron chi connectivity index (χ3n) is 10.7. The van der Waals surface area contributed by atoms with Crippen molar-refractivity contribution in [3.8, 4) is 0 Å². The molecule has 1 N–H and O–H groups in total. The Labute approximate surface area is 220 Å². The Hall–Kier alpha value is -2.95. The summed E-state index contributed by atoms with van der Waals surface area (Å²) in [5.41, 5.74) is 4.45. The maximum absolute atomic E-state index is 14.8. The van der Waals surface area contributed by atoms with E-state index in [1.807, 2.05) is 40.6 Å². The van der Waals surface area contributed by atoms with Crippen molar-refractivity contribution in [1.82, 2.24) is 24.3 Å². The lowest BCUT2D eigenvalue weighted by Gasteiger charge is -2.49. The summed E-state index contributed by atoms with van der Waals surface area (Å²) in [6, 6.07) is 10.5. The van der Waals surface area contributed by atoms with Gasteiger partial charge in [0, 0.05) is 36.3 Å². The van der Waals surface area contributed by atoms with E-state index in [2.05, 4.69) is 33.5 Å². The number of rotatable bonds is 3. The summed E-state index contributed by atoms with van der Waals surface area (Å²) in [5, 5.41) is 14.1. The summed E-state index contributed by atoms with van der Waals surface area (Å²) in [7, 11) is -1.89. The van der Waals surface area contributed by atoms with Crippen molar-refractivity contribution in [3.05, 3.63) is 53.9 Å².